The molecule has 1 heterocycles. The first-order valence-electron chi connectivity index (χ1n) is 5.63. The zero-order chi connectivity index (χ0) is 12.4. The Hall–Kier alpha value is -1.81. The van der Waals surface area contributed by atoms with Crippen molar-refractivity contribution in [3.05, 3.63) is 64.6 Å². The normalized spacial score (nSPS) is 17.8. The van der Waals surface area contributed by atoms with E-state index < -0.39 is 0 Å². The van der Waals surface area contributed by atoms with Gasteiger partial charge in [-0.25, -0.2) is 5.01 Å². The summed E-state index contributed by atoms with van der Waals surface area (Å²) in [7, 11) is 0. The third-order valence-corrected chi connectivity index (χ3v) is 3.44. The summed E-state index contributed by atoms with van der Waals surface area (Å²) in [6.45, 7) is 0. The second-order valence-electron chi connectivity index (χ2n) is 3.92. The van der Waals surface area contributed by atoms with E-state index in [1.54, 1.807) is 0 Å². The van der Waals surface area contributed by atoms with Gasteiger partial charge in [0.05, 0.1) is 5.69 Å². The van der Waals surface area contributed by atoms with Gasteiger partial charge in [-0.05, 0) is 28.1 Å². The highest BCUT2D eigenvalue weighted by atomic mass is 79.9. The molecule has 0 aromatic heterocycles. The van der Waals surface area contributed by atoms with Crippen molar-refractivity contribution >= 4 is 28.0 Å². The molecule has 2 aromatic carbocycles. The van der Waals surface area contributed by atoms with Crippen LogP contribution in [0.1, 0.15) is 11.8 Å². The van der Waals surface area contributed by atoms with Crippen LogP contribution in [0.3, 0.4) is 0 Å². The molecule has 0 amide bonds. The van der Waals surface area contributed by atoms with Crippen LogP contribution in [0.2, 0.25) is 0 Å². The highest BCUT2D eigenvalue weighted by molar-refractivity contribution is 9.10. The van der Waals surface area contributed by atoms with E-state index in [0.29, 0.717) is 0 Å². The van der Waals surface area contributed by atoms with Crippen molar-refractivity contribution in [3.8, 4) is 0 Å². The van der Waals surface area contributed by atoms with Crippen molar-refractivity contribution in [2.75, 3.05) is 5.01 Å². The molecule has 0 saturated carbocycles. The maximum Gasteiger partial charge on any atom is 0.219 e. The summed E-state index contributed by atoms with van der Waals surface area (Å²) in [6, 6.07) is 18.0. The minimum atomic E-state index is -0.204. The third-order valence-electron chi connectivity index (χ3n) is 2.77. The van der Waals surface area contributed by atoms with E-state index >= 15 is 0 Å². The fraction of sp³-hybridized carbons (Fsp3) is 0.0714. The molecule has 2 aromatic rings. The lowest BCUT2D eigenvalue weighted by Gasteiger charge is -2.23. The predicted octanol–water partition coefficient (Wildman–Crippen LogP) is 3.93. The molecule has 1 aliphatic heterocycles. The number of ether oxygens (including phenoxy) is 1. The molecule has 0 bridgehead atoms. The van der Waals surface area contributed by atoms with E-state index in [4.69, 9.17) is 4.74 Å². The van der Waals surface area contributed by atoms with Gasteiger partial charge in [-0.1, -0.05) is 42.5 Å². The van der Waals surface area contributed by atoms with E-state index in [1.165, 1.54) is 6.40 Å². The molecule has 0 saturated heterocycles. The Balaban J connectivity index is 1.97. The smallest absolute Gasteiger partial charge is 0.219 e. The molecule has 1 unspecified atom stereocenters. The summed E-state index contributed by atoms with van der Waals surface area (Å²) >= 11 is 3.54. The third kappa shape index (κ3) is 1.99. The minimum absolute atomic E-state index is 0.204. The van der Waals surface area contributed by atoms with Gasteiger partial charge in [0.15, 0.2) is 6.40 Å². The first-order chi connectivity index (χ1) is 8.86. The van der Waals surface area contributed by atoms with Crippen molar-refractivity contribution in [2.24, 2.45) is 5.10 Å². The molecule has 0 radical (unpaired) electrons. The lowest BCUT2D eigenvalue weighted by molar-refractivity contribution is 0.227. The second-order valence-corrected chi connectivity index (χ2v) is 4.77. The summed E-state index contributed by atoms with van der Waals surface area (Å²) in [5.41, 5.74) is 2.06. The van der Waals surface area contributed by atoms with Crippen LogP contribution < -0.4 is 5.01 Å². The van der Waals surface area contributed by atoms with Crippen molar-refractivity contribution in [3.63, 3.8) is 0 Å². The number of hydrogen-bond acceptors (Lipinski definition) is 3. The molecule has 0 spiro atoms. The number of rotatable bonds is 2. The molecule has 90 valence electrons. The van der Waals surface area contributed by atoms with Gasteiger partial charge in [0, 0.05) is 10.0 Å². The standard InChI is InChI=1S/C14H11BrN2O/c15-12-8-4-5-9-13(12)17-14(18-10-16-17)11-6-2-1-3-7-11/h1-10,14H. The van der Waals surface area contributed by atoms with Gasteiger partial charge in [0.25, 0.3) is 0 Å². The lowest BCUT2D eigenvalue weighted by Crippen LogP contribution is -2.19. The fourth-order valence-electron chi connectivity index (χ4n) is 1.92. The Morgan fingerprint density at radius 1 is 1.00 bits per heavy atom. The maximum atomic E-state index is 5.57. The lowest BCUT2D eigenvalue weighted by atomic mass is 10.2. The number of benzene rings is 2. The molecule has 0 aliphatic carbocycles. The second kappa shape index (κ2) is 4.82. The molecule has 4 heteroatoms. The Labute approximate surface area is 114 Å². The van der Waals surface area contributed by atoms with E-state index in [1.807, 2.05) is 59.6 Å². The van der Waals surface area contributed by atoms with Gasteiger partial charge in [-0.3, -0.25) is 0 Å². The predicted molar refractivity (Wildman–Crippen MR) is 75.4 cm³/mol. The molecule has 0 N–H and O–H groups in total. The summed E-state index contributed by atoms with van der Waals surface area (Å²) < 4.78 is 6.57. The van der Waals surface area contributed by atoms with Crippen molar-refractivity contribution in [2.45, 2.75) is 6.23 Å². The maximum absolute atomic E-state index is 5.57. The van der Waals surface area contributed by atoms with Crippen molar-refractivity contribution in [1.29, 1.82) is 0 Å². The van der Waals surface area contributed by atoms with Gasteiger partial charge in [-0.15, -0.1) is 5.10 Å². The van der Waals surface area contributed by atoms with Gasteiger partial charge in [0.1, 0.15) is 0 Å². The van der Waals surface area contributed by atoms with Gasteiger partial charge in [0.2, 0.25) is 6.23 Å². The van der Waals surface area contributed by atoms with Crippen LogP contribution in [0.5, 0.6) is 0 Å². The Bertz CT molecular complexity index is 571. The zero-order valence-corrected chi connectivity index (χ0v) is 11.1. The first kappa shape index (κ1) is 11.3. The average molecular weight is 303 g/mol. The number of hydrogen-bond donors (Lipinski definition) is 0. The van der Waals surface area contributed by atoms with Crippen LogP contribution in [0.4, 0.5) is 5.69 Å². The average Bonchev–Trinajstić information content (AvgIpc) is 2.89. The molecule has 3 nitrogen and oxygen atoms in total. The minimum Gasteiger partial charge on any atom is -0.452 e. The molecule has 1 aliphatic rings. The first-order valence-corrected chi connectivity index (χ1v) is 6.42. The van der Waals surface area contributed by atoms with Crippen LogP contribution in [-0.2, 0) is 4.74 Å². The van der Waals surface area contributed by atoms with Gasteiger partial charge in [-0.2, -0.15) is 0 Å². The van der Waals surface area contributed by atoms with E-state index in [9.17, 15) is 0 Å². The number of para-hydroxylation sites is 1. The van der Waals surface area contributed by atoms with Crippen LogP contribution in [0.25, 0.3) is 0 Å². The largest absolute Gasteiger partial charge is 0.452 e. The molecular formula is C14H11BrN2O. The monoisotopic (exact) mass is 302 g/mol. The van der Waals surface area contributed by atoms with Crippen LogP contribution in [0.15, 0.2) is 64.2 Å². The highest BCUT2D eigenvalue weighted by Crippen LogP contribution is 2.35. The van der Waals surface area contributed by atoms with E-state index in [0.717, 1.165) is 15.7 Å². The van der Waals surface area contributed by atoms with Crippen LogP contribution >= 0.6 is 15.9 Å². The van der Waals surface area contributed by atoms with E-state index in [2.05, 4.69) is 21.0 Å². The summed E-state index contributed by atoms with van der Waals surface area (Å²) in [4.78, 5) is 0. The van der Waals surface area contributed by atoms with Crippen molar-refractivity contribution < 1.29 is 4.74 Å². The Kier molecular flexibility index (Phi) is 3.02. The Morgan fingerprint density at radius 2 is 1.72 bits per heavy atom. The molecular weight excluding hydrogens is 292 g/mol. The molecule has 1 atom stereocenters. The van der Waals surface area contributed by atoms with Crippen LogP contribution in [-0.4, -0.2) is 6.40 Å². The number of halogens is 1. The van der Waals surface area contributed by atoms with Crippen molar-refractivity contribution in [1.82, 2.24) is 0 Å². The quantitative estimate of drug-likeness (QED) is 0.840. The fourth-order valence-corrected chi connectivity index (χ4v) is 2.38. The SMILES string of the molecule is Brc1ccccc1N1N=COC1c1ccccc1. The molecule has 18 heavy (non-hydrogen) atoms. The topological polar surface area (TPSA) is 24.8 Å². The molecule has 0 fully saturated rings. The number of hydrazone groups is 1. The summed E-state index contributed by atoms with van der Waals surface area (Å²) in [6.07, 6.45) is 1.28. The van der Waals surface area contributed by atoms with Gasteiger partial charge >= 0.3 is 0 Å². The number of nitrogens with zero attached hydrogens (tertiary/aromatic N) is 2. The summed E-state index contributed by atoms with van der Waals surface area (Å²) in [5, 5.41) is 6.14. The van der Waals surface area contributed by atoms with E-state index in [-0.39, 0.29) is 6.23 Å². The zero-order valence-electron chi connectivity index (χ0n) is 9.53. The Morgan fingerprint density at radius 3 is 2.50 bits per heavy atom. The number of anilines is 1. The van der Waals surface area contributed by atoms with Crippen LogP contribution in [0, 0.1) is 0 Å². The summed E-state index contributed by atoms with van der Waals surface area (Å²) in [5.74, 6) is 0. The molecule has 3 rings (SSSR count). The highest BCUT2D eigenvalue weighted by Gasteiger charge is 2.26. The van der Waals surface area contributed by atoms with Gasteiger partial charge < -0.3 is 4.74 Å².